The van der Waals surface area contributed by atoms with Crippen molar-refractivity contribution in [2.24, 2.45) is 0 Å². The highest BCUT2D eigenvalue weighted by atomic mass is 33.1. The molecule has 0 unspecified atom stereocenters. The number of hydrogen-bond acceptors (Lipinski definition) is 4. The minimum absolute atomic E-state index is 0.0634. The van der Waals surface area contributed by atoms with Crippen LogP contribution >= 0.6 is 21.6 Å². The first-order valence-electron chi connectivity index (χ1n) is 7.43. The summed E-state index contributed by atoms with van der Waals surface area (Å²) in [5.74, 6) is -0.779. The monoisotopic (exact) mass is 339 g/mol. The zero-order valence-electron chi connectivity index (χ0n) is 12.7. The maximum atomic E-state index is 12.3. The summed E-state index contributed by atoms with van der Waals surface area (Å²) in [5.41, 5.74) is 0.844. The molecule has 1 N–H and O–H groups in total. The SMILES string of the molecule is CN(C(=O)SSC1(CC(=O)O)CCCCC1)c1ccccc1. The molecule has 1 saturated carbocycles. The second-order valence-electron chi connectivity index (χ2n) is 5.64. The smallest absolute Gasteiger partial charge is 0.304 e. The third-order valence-electron chi connectivity index (χ3n) is 3.95. The van der Waals surface area contributed by atoms with E-state index in [4.69, 9.17) is 5.11 Å². The van der Waals surface area contributed by atoms with Gasteiger partial charge >= 0.3 is 5.97 Å². The number of rotatable bonds is 5. The summed E-state index contributed by atoms with van der Waals surface area (Å²) in [6.07, 6.45) is 5.13. The van der Waals surface area contributed by atoms with Gasteiger partial charge in [-0.15, -0.1) is 0 Å². The van der Waals surface area contributed by atoms with Gasteiger partial charge in [-0.1, -0.05) is 48.3 Å². The number of benzene rings is 1. The Bertz CT molecular complexity index is 515. The fraction of sp³-hybridized carbons (Fsp3) is 0.500. The van der Waals surface area contributed by atoms with Gasteiger partial charge in [0.25, 0.3) is 5.24 Å². The first-order chi connectivity index (χ1) is 10.5. The quantitative estimate of drug-likeness (QED) is 0.781. The number of nitrogens with zero attached hydrogens (tertiary/aromatic N) is 1. The van der Waals surface area contributed by atoms with Gasteiger partial charge in [0.05, 0.1) is 6.42 Å². The van der Waals surface area contributed by atoms with E-state index < -0.39 is 5.97 Å². The fourth-order valence-corrected chi connectivity index (χ4v) is 5.56. The number of hydrogen-bond donors (Lipinski definition) is 1. The second-order valence-corrected chi connectivity index (χ2v) is 8.19. The third kappa shape index (κ3) is 4.68. The lowest BCUT2D eigenvalue weighted by molar-refractivity contribution is -0.137. The lowest BCUT2D eigenvalue weighted by atomic mass is 9.86. The Kier molecular flexibility index (Phi) is 6.20. The summed E-state index contributed by atoms with van der Waals surface area (Å²) in [6.45, 7) is 0. The molecule has 22 heavy (non-hydrogen) atoms. The van der Waals surface area contributed by atoms with Gasteiger partial charge in [-0.2, -0.15) is 0 Å². The molecule has 4 nitrogen and oxygen atoms in total. The molecule has 1 aromatic carbocycles. The van der Waals surface area contributed by atoms with E-state index in [2.05, 4.69) is 0 Å². The zero-order valence-corrected chi connectivity index (χ0v) is 14.3. The molecule has 120 valence electrons. The van der Waals surface area contributed by atoms with E-state index >= 15 is 0 Å². The second kappa shape index (κ2) is 7.92. The standard InChI is InChI=1S/C16H21NO3S2/c1-17(13-8-4-2-5-9-13)15(20)21-22-16(12-14(18)19)10-6-3-7-11-16/h2,4-5,8-9H,3,6-7,10-12H2,1H3,(H,18,19). The highest BCUT2D eigenvalue weighted by molar-refractivity contribution is 8.82. The number of para-hydroxylation sites is 1. The van der Waals surface area contributed by atoms with Crippen molar-refractivity contribution in [2.45, 2.75) is 43.3 Å². The molecule has 1 amide bonds. The normalized spacial score (nSPS) is 17.0. The predicted octanol–water partition coefficient (Wildman–Crippen LogP) is 4.80. The number of anilines is 1. The molecule has 2 rings (SSSR count). The summed E-state index contributed by atoms with van der Waals surface area (Å²) in [6, 6.07) is 9.47. The minimum Gasteiger partial charge on any atom is -0.481 e. The van der Waals surface area contributed by atoms with Crippen molar-refractivity contribution in [2.75, 3.05) is 11.9 Å². The molecule has 0 atom stereocenters. The largest absolute Gasteiger partial charge is 0.481 e. The van der Waals surface area contributed by atoms with E-state index in [0.29, 0.717) is 0 Å². The lowest BCUT2D eigenvalue weighted by Gasteiger charge is -2.34. The summed E-state index contributed by atoms with van der Waals surface area (Å²) >= 11 is 0. The number of aliphatic carboxylic acids is 1. The Hall–Kier alpha value is -1.14. The molecule has 0 aromatic heterocycles. The molecular formula is C16H21NO3S2. The Labute approximate surface area is 139 Å². The summed E-state index contributed by atoms with van der Waals surface area (Å²) < 4.78 is -0.304. The lowest BCUT2D eigenvalue weighted by Crippen LogP contribution is -2.31. The van der Waals surface area contributed by atoms with Crippen LogP contribution in [0.5, 0.6) is 0 Å². The molecule has 0 bridgehead atoms. The molecule has 0 heterocycles. The fourth-order valence-electron chi connectivity index (χ4n) is 2.70. The molecule has 1 aliphatic rings. The van der Waals surface area contributed by atoms with Gasteiger partial charge in [-0.25, -0.2) is 0 Å². The average Bonchev–Trinajstić information content (AvgIpc) is 2.53. The maximum Gasteiger partial charge on any atom is 0.304 e. The van der Waals surface area contributed by atoms with E-state index in [1.807, 2.05) is 30.3 Å². The number of carboxylic acid groups (broad SMARTS) is 1. The number of amides is 1. The Morgan fingerprint density at radius 3 is 2.41 bits per heavy atom. The van der Waals surface area contributed by atoms with Gasteiger partial charge in [0.15, 0.2) is 0 Å². The molecule has 1 aliphatic carbocycles. The van der Waals surface area contributed by atoms with Crippen LogP contribution in [0.1, 0.15) is 38.5 Å². The van der Waals surface area contributed by atoms with Gasteiger partial charge in [-0.3, -0.25) is 9.59 Å². The van der Waals surface area contributed by atoms with E-state index in [-0.39, 0.29) is 16.4 Å². The van der Waals surface area contributed by atoms with Gasteiger partial charge < -0.3 is 10.0 Å². The van der Waals surface area contributed by atoms with Gasteiger partial charge in [-0.05, 0) is 25.0 Å². The van der Waals surface area contributed by atoms with Crippen molar-refractivity contribution < 1.29 is 14.7 Å². The van der Waals surface area contributed by atoms with Crippen LogP contribution in [-0.4, -0.2) is 28.1 Å². The van der Waals surface area contributed by atoms with E-state index in [1.165, 1.54) is 21.6 Å². The number of carboxylic acids is 1. The van der Waals surface area contributed by atoms with Gasteiger partial charge in [0, 0.05) is 28.3 Å². The highest BCUT2D eigenvalue weighted by Crippen LogP contribution is 2.48. The van der Waals surface area contributed by atoms with Crippen molar-refractivity contribution >= 4 is 38.5 Å². The minimum atomic E-state index is -0.779. The Balaban J connectivity index is 1.96. The predicted molar refractivity (Wildman–Crippen MR) is 93.5 cm³/mol. The van der Waals surface area contributed by atoms with Crippen molar-refractivity contribution in [3.63, 3.8) is 0 Å². The first-order valence-corrected chi connectivity index (χ1v) is 9.58. The topological polar surface area (TPSA) is 57.6 Å². The van der Waals surface area contributed by atoms with Crippen LogP contribution in [0.3, 0.4) is 0 Å². The van der Waals surface area contributed by atoms with E-state index in [0.717, 1.165) is 37.8 Å². The summed E-state index contributed by atoms with van der Waals surface area (Å²) in [7, 11) is 4.36. The Morgan fingerprint density at radius 1 is 1.18 bits per heavy atom. The van der Waals surface area contributed by atoms with Crippen LogP contribution in [0, 0.1) is 0 Å². The molecule has 0 radical (unpaired) electrons. The number of carbonyl (C=O) groups is 2. The van der Waals surface area contributed by atoms with E-state index in [1.54, 1.807) is 11.9 Å². The average molecular weight is 339 g/mol. The molecule has 0 aliphatic heterocycles. The highest BCUT2D eigenvalue weighted by Gasteiger charge is 2.36. The maximum absolute atomic E-state index is 12.3. The van der Waals surface area contributed by atoms with Crippen LogP contribution in [-0.2, 0) is 4.79 Å². The van der Waals surface area contributed by atoms with Crippen LogP contribution in [0.25, 0.3) is 0 Å². The zero-order chi connectivity index (χ0) is 16.0. The molecule has 1 aromatic rings. The van der Waals surface area contributed by atoms with Crippen LogP contribution in [0.2, 0.25) is 0 Å². The van der Waals surface area contributed by atoms with Gasteiger partial charge in [0.2, 0.25) is 0 Å². The van der Waals surface area contributed by atoms with Crippen molar-refractivity contribution in [1.82, 2.24) is 0 Å². The summed E-state index contributed by atoms with van der Waals surface area (Å²) in [5, 5.41) is 9.10. The van der Waals surface area contributed by atoms with Crippen LogP contribution < -0.4 is 4.90 Å². The third-order valence-corrected chi connectivity index (χ3v) is 7.09. The van der Waals surface area contributed by atoms with Gasteiger partial charge in [0.1, 0.15) is 0 Å². The van der Waals surface area contributed by atoms with Crippen molar-refractivity contribution in [1.29, 1.82) is 0 Å². The van der Waals surface area contributed by atoms with E-state index in [9.17, 15) is 9.59 Å². The van der Waals surface area contributed by atoms with Crippen molar-refractivity contribution in [3.8, 4) is 0 Å². The Morgan fingerprint density at radius 2 is 1.82 bits per heavy atom. The molecule has 6 heteroatoms. The molecule has 1 fully saturated rings. The van der Waals surface area contributed by atoms with Crippen LogP contribution in [0.4, 0.5) is 10.5 Å². The molecule has 0 spiro atoms. The molecular weight excluding hydrogens is 318 g/mol. The number of carbonyl (C=O) groups excluding carboxylic acids is 1. The van der Waals surface area contributed by atoms with Crippen molar-refractivity contribution in [3.05, 3.63) is 30.3 Å². The van der Waals surface area contributed by atoms with Crippen LogP contribution in [0.15, 0.2) is 30.3 Å². The first kappa shape index (κ1) is 17.2. The molecule has 0 saturated heterocycles. The summed E-state index contributed by atoms with van der Waals surface area (Å²) in [4.78, 5) is 25.1.